The predicted molar refractivity (Wildman–Crippen MR) is 45.4 cm³/mol. The van der Waals surface area contributed by atoms with Crippen molar-refractivity contribution in [2.24, 2.45) is 0 Å². The molecule has 1 aliphatic rings. The van der Waals surface area contributed by atoms with Crippen LogP contribution in [0.15, 0.2) is 24.7 Å². The molecule has 0 fully saturated rings. The molecule has 1 aliphatic heterocycles. The Hall–Kier alpha value is -1.72. The molecule has 2 rings (SSSR count). The topological polar surface area (TPSA) is 18.5 Å². The van der Waals surface area contributed by atoms with Crippen molar-refractivity contribution in [2.75, 3.05) is 0 Å². The number of alkyl halides is 2. The minimum absolute atomic E-state index is 0.350. The van der Waals surface area contributed by atoms with E-state index >= 15 is 0 Å². The van der Waals surface area contributed by atoms with Crippen LogP contribution in [0.5, 0.6) is 0 Å². The van der Waals surface area contributed by atoms with Crippen LogP contribution in [0.25, 0.3) is 0 Å². The van der Waals surface area contributed by atoms with Crippen LogP contribution in [-0.2, 0) is 9.47 Å². The fourth-order valence-electron chi connectivity index (χ4n) is 1.42. The molecule has 0 saturated heterocycles. The van der Waals surface area contributed by atoms with E-state index in [2.05, 4.69) is 0 Å². The third-order valence-corrected chi connectivity index (χ3v) is 2.06. The second-order valence-corrected chi connectivity index (χ2v) is 3.07. The minimum Gasteiger partial charge on any atom is -0.455 e. The number of benzene rings is 1. The quantitative estimate of drug-likeness (QED) is 0.730. The maximum atomic E-state index is 13.2. The zero-order valence-electron chi connectivity index (χ0n) is 7.79. The molecule has 0 unspecified atom stereocenters. The number of halogens is 4. The molecule has 0 radical (unpaired) electrons. The Morgan fingerprint density at radius 2 is 1.69 bits per heavy atom. The van der Waals surface area contributed by atoms with Gasteiger partial charge in [0, 0.05) is 11.6 Å². The van der Waals surface area contributed by atoms with Gasteiger partial charge in [-0.25, -0.2) is 17.6 Å². The van der Waals surface area contributed by atoms with Crippen LogP contribution in [0.4, 0.5) is 17.6 Å². The molecule has 0 N–H and O–H groups in total. The van der Waals surface area contributed by atoms with Gasteiger partial charge in [0.25, 0.3) is 12.7 Å². The third kappa shape index (κ3) is 1.82. The first-order valence-corrected chi connectivity index (χ1v) is 4.32. The van der Waals surface area contributed by atoms with Crippen LogP contribution in [0.2, 0.25) is 0 Å². The number of ether oxygens (including phenoxy) is 2. The van der Waals surface area contributed by atoms with Crippen LogP contribution in [-0.4, -0.2) is 0 Å². The summed E-state index contributed by atoms with van der Waals surface area (Å²) in [6.45, 7) is 0. The van der Waals surface area contributed by atoms with Crippen molar-refractivity contribution in [3.63, 3.8) is 0 Å². The molecule has 2 nitrogen and oxygen atoms in total. The fourth-order valence-corrected chi connectivity index (χ4v) is 1.42. The van der Waals surface area contributed by atoms with Crippen LogP contribution in [0.1, 0.15) is 23.8 Å². The van der Waals surface area contributed by atoms with Crippen molar-refractivity contribution >= 4 is 0 Å². The van der Waals surface area contributed by atoms with E-state index in [1.165, 1.54) is 0 Å². The largest absolute Gasteiger partial charge is 0.455 e. The van der Waals surface area contributed by atoms with Crippen LogP contribution in [0.3, 0.4) is 0 Å². The van der Waals surface area contributed by atoms with Crippen LogP contribution >= 0.6 is 0 Å². The summed E-state index contributed by atoms with van der Waals surface area (Å²) in [6.07, 6.45) is -2.07. The highest BCUT2D eigenvalue weighted by molar-refractivity contribution is 5.32. The van der Waals surface area contributed by atoms with E-state index in [0.29, 0.717) is 6.07 Å². The summed E-state index contributed by atoms with van der Waals surface area (Å²) in [4.78, 5) is 0. The van der Waals surface area contributed by atoms with Crippen LogP contribution < -0.4 is 0 Å². The number of hydrogen-bond donors (Lipinski definition) is 0. The Kier molecular flexibility index (Phi) is 2.72. The molecule has 0 spiro atoms. The van der Waals surface area contributed by atoms with Crippen molar-refractivity contribution in [1.29, 1.82) is 0 Å². The summed E-state index contributed by atoms with van der Waals surface area (Å²) in [5.41, 5.74) is -1.26. The van der Waals surface area contributed by atoms with Crippen molar-refractivity contribution in [3.05, 3.63) is 47.4 Å². The molecule has 6 heteroatoms. The van der Waals surface area contributed by atoms with E-state index in [9.17, 15) is 17.6 Å². The zero-order valence-corrected chi connectivity index (χ0v) is 7.79. The molecule has 0 amide bonds. The van der Waals surface area contributed by atoms with Gasteiger partial charge in [0.05, 0.1) is 5.56 Å². The minimum atomic E-state index is -3.07. The van der Waals surface area contributed by atoms with E-state index in [0.717, 1.165) is 18.6 Å². The molecule has 0 bridgehead atoms. The summed E-state index contributed by atoms with van der Waals surface area (Å²) in [7, 11) is 0. The van der Waals surface area contributed by atoms with Crippen LogP contribution in [0, 0.1) is 11.6 Å². The van der Waals surface area contributed by atoms with Gasteiger partial charge in [-0.15, -0.1) is 0 Å². The lowest BCUT2D eigenvalue weighted by Crippen LogP contribution is -2.07. The summed E-state index contributed by atoms with van der Waals surface area (Å²) in [6, 6.07) is 1.16. The molecule has 1 aromatic rings. The van der Waals surface area contributed by atoms with Crippen molar-refractivity contribution in [1.82, 2.24) is 0 Å². The second kappa shape index (κ2) is 4.03. The standard InChI is InChI=1S/C10H6F4O2/c11-5-3-6(10-15-1-2-16-10)8(9(13)14)7(12)4-5/h1-4,9-10H. The first kappa shape index (κ1) is 10.8. The first-order chi connectivity index (χ1) is 7.59. The Balaban J connectivity index is 2.48. The van der Waals surface area contributed by atoms with Crippen molar-refractivity contribution in [3.8, 4) is 0 Å². The van der Waals surface area contributed by atoms with E-state index in [-0.39, 0.29) is 5.56 Å². The molecule has 0 atom stereocenters. The summed E-state index contributed by atoms with van der Waals surface area (Å²) in [5, 5.41) is 0. The lowest BCUT2D eigenvalue weighted by Gasteiger charge is -2.15. The molecule has 1 aromatic carbocycles. The zero-order chi connectivity index (χ0) is 11.7. The Bertz CT molecular complexity index is 423. The SMILES string of the molecule is Fc1cc(F)c(C(F)F)c(C2OC=CO2)c1. The molecule has 86 valence electrons. The molecule has 0 aliphatic carbocycles. The summed E-state index contributed by atoms with van der Waals surface area (Å²) >= 11 is 0. The van der Waals surface area contributed by atoms with E-state index in [1.807, 2.05) is 0 Å². The van der Waals surface area contributed by atoms with Gasteiger partial charge in [-0.1, -0.05) is 0 Å². The highest BCUT2D eigenvalue weighted by Crippen LogP contribution is 2.34. The van der Waals surface area contributed by atoms with E-state index in [4.69, 9.17) is 9.47 Å². The van der Waals surface area contributed by atoms with Gasteiger partial charge in [0.2, 0.25) is 0 Å². The van der Waals surface area contributed by atoms with E-state index < -0.39 is 29.9 Å². The lowest BCUT2D eigenvalue weighted by atomic mass is 10.1. The summed E-state index contributed by atoms with van der Waals surface area (Å²) in [5.74, 6) is -2.28. The van der Waals surface area contributed by atoms with Gasteiger partial charge in [0.15, 0.2) is 0 Å². The molecule has 0 saturated carbocycles. The van der Waals surface area contributed by atoms with Gasteiger partial charge in [-0.05, 0) is 6.07 Å². The Labute approximate surface area is 88.1 Å². The maximum absolute atomic E-state index is 13.2. The molecular weight excluding hydrogens is 228 g/mol. The fraction of sp³-hybridized carbons (Fsp3) is 0.200. The van der Waals surface area contributed by atoms with Crippen molar-refractivity contribution in [2.45, 2.75) is 12.7 Å². The smallest absolute Gasteiger partial charge is 0.267 e. The average molecular weight is 234 g/mol. The predicted octanol–water partition coefficient (Wildman–Crippen LogP) is 3.42. The Morgan fingerprint density at radius 3 is 2.25 bits per heavy atom. The van der Waals surface area contributed by atoms with Gasteiger partial charge < -0.3 is 9.47 Å². The van der Waals surface area contributed by atoms with Crippen molar-refractivity contribution < 1.29 is 27.0 Å². The highest BCUT2D eigenvalue weighted by atomic mass is 19.3. The normalized spacial score (nSPS) is 15.3. The first-order valence-electron chi connectivity index (χ1n) is 4.32. The summed E-state index contributed by atoms with van der Waals surface area (Å²) < 4.78 is 60.8. The maximum Gasteiger partial charge on any atom is 0.267 e. The Morgan fingerprint density at radius 1 is 1.06 bits per heavy atom. The monoisotopic (exact) mass is 234 g/mol. The number of hydrogen-bond acceptors (Lipinski definition) is 2. The number of rotatable bonds is 2. The third-order valence-electron chi connectivity index (χ3n) is 2.06. The van der Waals surface area contributed by atoms with E-state index in [1.54, 1.807) is 0 Å². The van der Waals surface area contributed by atoms with Gasteiger partial charge in [0.1, 0.15) is 24.2 Å². The van der Waals surface area contributed by atoms with Gasteiger partial charge in [-0.3, -0.25) is 0 Å². The highest BCUT2D eigenvalue weighted by Gasteiger charge is 2.27. The second-order valence-electron chi connectivity index (χ2n) is 3.07. The molecule has 1 heterocycles. The molecular formula is C10H6F4O2. The van der Waals surface area contributed by atoms with Gasteiger partial charge >= 0.3 is 0 Å². The average Bonchev–Trinajstić information content (AvgIpc) is 2.67. The molecule has 0 aromatic heterocycles. The van der Waals surface area contributed by atoms with Gasteiger partial charge in [-0.2, -0.15) is 0 Å². The molecule has 16 heavy (non-hydrogen) atoms. The lowest BCUT2D eigenvalue weighted by molar-refractivity contribution is -0.0281.